The zero-order chi connectivity index (χ0) is 12.7. The summed E-state index contributed by atoms with van der Waals surface area (Å²) in [4.78, 5) is 9.96. The van der Waals surface area contributed by atoms with E-state index in [0.29, 0.717) is 10.8 Å². The average Bonchev–Trinajstić information content (AvgIpc) is 2.32. The van der Waals surface area contributed by atoms with Crippen molar-refractivity contribution >= 4 is 23.2 Å². The molecule has 0 amide bonds. The lowest BCUT2D eigenvalue weighted by Crippen LogP contribution is -2.28. The molecule has 0 atom stereocenters. The molecule has 6 nitrogen and oxygen atoms in total. The SMILES string of the molecule is COCCN(C)CCNc1ncnc(N)c1Cl. The van der Waals surface area contributed by atoms with Crippen LogP contribution in [0.15, 0.2) is 6.33 Å². The third-order valence-corrected chi connectivity index (χ3v) is 2.65. The van der Waals surface area contributed by atoms with Crippen molar-refractivity contribution in [3.8, 4) is 0 Å². The van der Waals surface area contributed by atoms with E-state index >= 15 is 0 Å². The van der Waals surface area contributed by atoms with Crippen LogP contribution in [0.1, 0.15) is 0 Å². The monoisotopic (exact) mass is 259 g/mol. The maximum atomic E-state index is 5.95. The number of rotatable bonds is 7. The second kappa shape index (κ2) is 7.26. The molecule has 96 valence electrons. The standard InChI is InChI=1S/C10H18ClN5O/c1-16(5-6-17-2)4-3-13-10-8(11)9(12)14-7-15-10/h7H,3-6H2,1-2H3,(H3,12,13,14,15). The summed E-state index contributed by atoms with van der Waals surface area (Å²) in [7, 11) is 3.71. The number of nitrogen functional groups attached to an aromatic ring is 1. The fourth-order valence-electron chi connectivity index (χ4n) is 1.23. The number of methoxy groups -OCH3 is 1. The summed E-state index contributed by atoms with van der Waals surface area (Å²) in [6.07, 6.45) is 1.39. The summed E-state index contributed by atoms with van der Waals surface area (Å²) < 4.78 is 4.99. The van der Waals surface area contributed by atoms with Crippen LogP contribution < -0.4 is 11.1 Å². The fraction of sp³-hybridized carbons (Fsp3) is 0.600. The maximum Gasteiger partial charge on any atom is 0.150 e. The normalized spacial score (nSPS) is 10.8. The summed E-state index contributed by atoms with van der Waals surface area (Å²) >= 11 is 5.95. The third kappa shape index (κ3) is 4.72. The Bertz CT molecular complexity index is 349. The molecule has 0 unspecified atom stereocenters. The molecule has 1 aromatic rings. The minimum absolute atomic E-state index is 0.289. The van der Waals surface area contributed by atoms with E-state index in [4.69, 9.17) is 22.1 Å². The van der Waals surface area contributed by atoms with E-state index in [1.807, 2.05) is 7.05 Å². The van der Waals surface area contributed by atoms with Gasteiger partial charge in [-0.2, -0.15) is 0 Å². The largest absolute Gasteiger partial charge is 0.383 e. The van der Waals surface area contributed by atoms with Crippen molar-refractivity contribution in [2.75, 3.05) is 51.4 Å². The van der Waals surface area contributed by atoms with Crippen LogP contribution in [0.4, 0.5) is 11.6 Å². The van der Waals surface area contributed by atoms with Gasteiger partial charge in [-0.3, -0.25) is 0 Å². The van der Waals surface area contributed by atoms with E-state index in [1.165, 1.54) is 6.33 Å². The molecule has 0 saturated heterocycles. The zero-order valence-electron chi connectivity index (χ0n) is 10.1. The highest BCUT2D eigenvalue weighted by atomic mass is 35.5. The summed E-state index contributed by atoms with van der Waals surface area (Å²) in [6.45, 7) is 3.20. The van der Waals surface area contributed by atoms with Gasteiger partial charge >= 0.3 is 0 Å². The molecule has 0 saturated carbocycles. The highest BCUT2D eigenvalue weighted by molar-refractivity contribution is 6.35. The lowest BCUT2D eigenvalue weighted by molar-refractivity contribution is 0.163. The predicted molar refractivity (Wildman–Crippen MR) is 69.3 cm³/mol. The molecule has 0 aromatic carbocycles. The first-order valence-electron chi connectivity index (χ1n) is 5.32. The van der Waals surface area contributed by atoms with Gasteiger partial charge in [0, 0.05) is 26.7 Å². The molecular weight excluding hydrogens is 242 g/mol. The van der Waals surface area contributed by atoms with Crippen molar-refractivity contribution in [2.45, 2.75) is 0 Å². The average molecular weight is 260 g/mol. The Balaban J connectivity index is 2.33. The number of nitrogens with one attached hydrogen (secondary N) is 1. The van der Waals surface area contributed by atoms with Crippen molar-refractivity contribution in [1.29, 1.82) is 0 Å². The molecule has 1 heterocycles. The Morgan fingerprint density at radius 1 is 1.47 bits per heavy atom. The molecule has 0 aliphatic carbocycles. The summed E-state index contributed by atoms with van der Waals surface area (Å²) in [5.74, 6) is 0.858. The van der Waals surface area contributed by atoms with Crippen molar-refractivity contribution in [3.63, 3.8) is 0 Å². The van der Waals surface area contributed by atoms with Crippen LogP contribution in [0.2, 0.25) is 5.02 Å². The number of hydrogen-bond acceptors (Lipinski definition) is 6. The molecule has 17 heavy (non-hydrogen) atoms. The van der Waals surface area contributed by atoms with Crippen LogP contribution in [-0.4, -0.2) is 55.3 Å². The highest BCUT2D eigenvalue weighted by Gasteiger charge is 2.05. The third-order valence-electron chi connectivity index (χ3n) is 2.28. The smallest absolute Gasteiger partial charge is 0.150 e. The Morgan fingerprint density at radius 3 is 2.94 bits per heavy atom. The Kier molecular flexibility index (Phi) is 5.96. The molecule has 0 fully saturated rings. The van der Waals surface area contributed by atoms with Crippen molar-refractivity contribution in [1.82, 2.24) is 14.9 Å². The van der Waals surface area contributed by atoms with Crippen molar-refractivity contribution in [3.05, 3.63) is 11.3 Å². The quantitative estimate of drug-likeness (QED) is 0.751. The van der Waals surface area contributed by atoms with Crippen molar-refractivity contribution in [2.24, 2.45) is 0 Å². The molecule has 1 rings (SSSR count). The predicted octanol–water partition coefficient (Wildman–Crippen LogP) is 0.702. The van der Waals surface area contributed by atoms with Gasteiger partial charge in [0.15, 0.2) is 0 Å². The van der Waals surface area contributed by atoms with Gasteiger partial charge in [0.2, 0.25) is 0 Å². The highest BCUT2D eigenvalue weighted by Crippen LogP contribution is 2.22. The Morgan fingerprint density at radius 2 is 2.24 bits per heavy atom. The molecule has 0 aliphatic rings. The molecule has 0 bridgehead atoms. The van der Waals surface area contributed by atoms with Crippen LogP contribution in [0, 0.1) is 0 Å². The molecule has 0 aliphatic heterocycles. The molecule has 1 aromatic heterocycles. The lowest BCUT2D eigenvalue weighted by Gasteiger charge is -2.16. The summed E-state index contributed by atoms with van der Waals surface area (Å²) in [5.41, 5.74) is 5.57. The van der Waals surface area contributed by atoms with E-state index in [1.54, 1.807) is 7.11 Å². The van der Waals surface area contributed by atoms with Crippen LogP contribution in [0.25, 0.3) is 0 Å². The van der Waals surface area contributed by atoms with Gasteiger partial charge in [-0.15, -0.1) is 0 Å². The fourth-order valence-corrected chi connectivity index (χ4v) is 1.40. The number of nitrogens with zero attached hydrogens (tertiary/aromatic N) is 3. The minimum atomic E-state index is 0.289. The second-order valence-corrected chi connectivity index (χ2v) is 4.02. The van der Waals surface area contributed by atoms with Gasteiger partial charge in [0.1, 0.15) is 23.0 Å². The second-order valence-electron chi connectivity index (χ2n) is 3.64. The number of ether oxygens (including phenoxy) is 1. The van der Waals surface area contributed by atoms with Crippen LogP contribution >= 0.6 is 11.6 Å². The number of nitrogens with two attached hydrogens (primary N) is 1. The zero-order valence-corrected chi connectivity index (χ0v) is 10.9. The Hall–Kier alpha value is -1.11. The van der Waals surface area contributed by atoms with E-state index in [-0.39, 0.29) is 5.82 Å². The van der Waals surface area contributed by atoms with E-state index < -0.39 is 0 Å². The molecule has 0 radical (unpaired) electrons. The van der Waals surface area contributed by atoms with Crippen LogP contribution in [0.3, 0.4) is 0 Å². The van der Waals surface area contributed by atoms with Gasteiger partial charge in [-0.1, -0.05) is 11.6 Å². The number of aromatic nitrogens is 2. The van der Waals surface area contributed by atoms with E-state index in [2.05, 4.69) is 20.2 Å². The number of likely N-dealkylation sites (N-methyl/N-ethyl adjacent to an activating group) is 1. The first kappa shape index (κ1) is 14.0. The summed E-state index contributed by atoms with van der Waals surface area (Å²) in [6, 6.07) is 0. The van der Waals surface area contributed by atoms with Gasteiger partial charge in [0.05, 0.1) is 6.61 Å². The van der Waals surface area contributed by atoms with Gasteiger partial charge in [-0.25, -0.2) is 9.97 Å². The number of halogens is 1. The molecule has 0 spiro atoms. The van der Waals surface area contributed by atoms with Crippen LogP contribution in [0.5, 0.6) is 0 Å². The van der Waals surface area contributed by atoms with E-state index in [0.717, 1.165) is 26.2 Å². The van der Waals surface area contributed by atoms with Gasteiger partial charge < -0.3 is 20.7 Å². The van der Waals surface area contributed by atoms with E-state index in [9.17, 15) is 0 Å². The topological polar surface area (TPSA) is 76.3 Å². The lowest BCUT2D eigenvalue weighted by atomic mass is 10.4. The molecular formula is C10H18ClN5O. The van der Waals surface area contributed by atoms with Gasteiger partial charge in [-0.05, 0) is 7.05 Å². The number of hydrogen-bond donors (Lipinski definition) is 2. The first-order chi connectivity index (χ1) is 8.15. The van der Waals surface area contributed by atoms with Crippen molar-refractivity contribution < 1.29 is 4.74 Å². The minimum Gasteiger partial charge on any atom is -0.383 e. The summed E-state index contributed by atoms with van der Waals surface area (Å²) in [5, 5.41) is 3.48. The van der Waals surface area contributed by atoms with Crippen LogP contribution in [-0.2, 0) is 4.74 Å². The molecule has 3 N–H and O–H groups in total. The first-order valence-corrected chi connectivity index (χ1v) is 5.70. The maximum absolute atomic E-state index is 5.95. The number of anilines is 2. The molecule has 7 heteroatoms. The van der Waals surface area contributed by atoms with Gasteiger partial charge in [0.25, 0.3) is 0 Å². The Labute approximate surface area is 106 Å².